The van der Waals surface area contributed by atoms with Crippen LogP contribution in [0.3, 0.4) is 0 Å². The second kappa shape index (κ2) is 3.72. The van der Waals surface area contributed by atoms with E-state index < -0.39 is 0 Å². The van der Waals surface area contributed by atoms with Gasteiger partial charge in [-0.05, 0) is 30.0 Å². The van der Waals surface area contributed by atoms with Gasteiger partial charge in [0.25, 0.3) is 0 Å². The van der Waals surface area contributed by atoms with Crippen LogP contribution < -0.4 is 0 Å². The molecule has 0 atom stereocenters. The molecule has 0 fully saturated rings. The highest BCUT2D eigenvalue weighted by Gasteiger charge is 2.07. The summed E-state index contributed by atoms with van der Waals surface area (Å²) in [6, 6.07) is 5.95. The van der Waals surface area contributed by atoms with Gasteiger partial charge in [0.05, 0.1) is 11.3 Å². The predicted molar refractivity (Wildman–Crippen MR) is 68.4 cm³/mol. The number of nitriles is 1. The molecular formula is C13H9N3S. The maximum absolute atomic E-state index is 8.84. The number of fused-ring (bicyclic) bond motifs is 1. The summed E-state index contributed by atoms with van der Waals surface area (Å²) in [7, 11) is 0. The highest BCUT2D eigenvalue weighted by Crippen LogP contribution is 2.24. The number of nitrogens with zero attached hydrogens (tertiary/aromatic N) is 3. The van der Waals surface area contributed by atoms with Crippen molar-refractivity contribution >= 4 is 22.4 Å². The van der Waals surface area contributed by atoms with Crippen molar-refractivity contribution in [2.45, 2.75) is 6.92 Å². The van der Waals surface area contributed by atoms with Crippen LogP contribution in [-0.4, -0.2) is 9.55 Å². The fourth-order valence-electron chi connectivity index (χ4n) is 1.88. The predicted octanol–water partition coefficient (Wildman–Crippen LogP) is 3.27. The second-order valence-electron chi connectivity index (χ2n) is 3.87. The molecule has 3 aromatic rings. The minimum atomic E-state index is 0.595. The minimum absolute atomic E-state index is 0.595. The third kappa shape index (κ3) is 1.52. The lowest BCUT2D eigenvalue weighted by Crippen LogP contribution is -1.93. The van der Waals surface area contributed by atoms with Crippen molar-refractivity contribution in [3.63, 3.8) is 0 Å². The summed E-state index contributed by atoms with van der Waals surface area (Å²) in [6.45, 7) is 2.08. The van der Waals surface area contributed by atoms with Crippen molar-refractivity contribution in [3.05, 3.63) is 46.4 Å². The van der Waals surface area contributed by atoms with E-state index >= 15 is 0 Å². The highest BCUT2D eigenvalue weighted by atomic mass is 32.1. The molecule has 4 heteroatoms. The van der Waals surface area contributed by atoms with Crippen LogP contribution in [0, 0.1) is 18.3 Å². The Balaban J connectivity index is 2.27. The maximum Gasteiger partial charge on any atom is 0.144 e. The van der Waals surface area contributed by atoms with Crippen LogP contribution in [0.2, 0.25) is 0 Å². The summed E-state index contributed by atoms with van der Waals surface area (Å²) in [5.41, 5.74) is 3.88. The SMILES string of the molecule is Cc1cscc1-n1ccc2cc(C#N)cnc21. The molecule has 0 bridgehead atoms. The van der Waals surface area contributed by atoms with Crippen LogP contribution in [0.4, 0.5) is 0 Å². The maximum atomic E-state index is 8.84. The molecule has 0 unspecified atom stereocenters. The van der Waals surface area contributed by atoms with Crippen molar-refractivity contribution in [2.75, 3.05) is 0 Å². The molecule has 0 aliphatic heterocycles. The Kier molecular flexibility index (Phi) is 2.20. The molecule has 0 aromatic carbocycles. The first-order valence-corrected chi connectivity index (χ1v) is 6.14. The fourth-order valence-corrected chi connectivity index (χ4v) is 2.70. The van der Waals surface area contributed by atoms with Gasteiger partial charge in [-0.3, -0.25) is 0 Å². The molecule has 0 aliphatic rings. The van der Waals surface area contributed by atoms with Crippen LogP contribution >= 0.6 is 11.3 Å². The van der Waals surface area contributed by atoms with E-state index in [9.17, 15) is 0 Å². The molecule has 3 nitrogen and oxygen atoms in total. The van der Waals surface area contributed by atoms with Gasteiger partial charge in [0.1, 0.15) is 11.7 Å². The Bertz CT molecular complexity index is 731. The minimum Gasteiger partial charge on any atom is -0.300 e. The first kappa shape index (κ1) is 10.1. The van der Waals surface area contributed by atoms with Gasteiger partial charge in [-0.15, -0.1) is 11.3 Å². The van der Waals surface area contributed by atoms with Gasteiger partial charge in [-0.1, -0.05) is 0 Å². The lowest BCUT2D eigenvalue weighted by atomic mass is 10.2. The first-order valence-electron chi connectivity index (χ1n) is 5.20. The van der Waals surface area contributed by atoms with Gasteiger partial charge in [-0.25, -0.2) is 4.98 Å². The van der Waals surface area contributed by atoms with E-state index in [4.69, 9.17) is 5.26 Å². The van der Waals surface area contributed by atoms with Crippen LogP contribution in [0.5, 0.6) is 0 Å². The van der Waals surface area contributed by atoms with Gasteiger partial charge in [0.2, 0.25) is 0 Å². The van der Waals surface area contributed by atoms with Crippen LogP contribution in [0.15, 0.2) is 35.3 Å². The number of hydrogen-bond acceptors (Lipinski definition) is 3. The molecular weight excluding hydrogens is 230 g/mol. The summed E-state index contributed by atoms with van der Waals surface area (Å²) in [4.78, 5) is 4.35. The molecule has 17 heavy (non-hydrogen) atoms. The summed E-state index contributed by atoms with van der Waals surface area (Å²) in [5.74, 6) is 0. The zero-order chi connectivity index (χ0) is 11.8. The van der Waals surface area contributed by atoms with Crippen LogP contribution in [-0.2, 0) is 0 Å². The fraction of sp³-hybridized carbons (Fsp3) is 0.0769. The van der Waals surface area contributed by atoms with Gasteiger partial charge in [0, 0.05) is 23.2 Å². The van der Waals surface area contributed by atoms with Gasteiger partial charge in [-0.2, -0.15) is 5.26 Å². The Morgan fingerprint density at radius 1 is 1.41 bits per heavy atom. The Morgan fingerprint density at radius 2 is 2.29 bits per heavy atom. The lowest BCUT2D eigenvalue weighted by molar-refractivity contribution is 1.08. The topological polar surface area (TPSA) is 41.6 Å². The summed E-state index contributed by atoms with van der Waals surface area (Å²) in [5, 5.41) is 14.1. The van der Waals surface area contributed by atoms with E-state index in [1.165, 1.54) is 5.56 Å². The number of aromatic nitrogens is 2. The molecule has 3 rings (SSSR count). The van der Waals surface area contributed by atoms with Gasteiger partial charge < -0.3 is 4.57 Å². The van der Waals surface area contributed by atoms with E-state index in [2.05, 4.69) is 33.3 Å². The van der Waals surface area contributed by atoms with Gasteiger partial charge in [0.15, 0.2) is 0 Å². The molecule has 0 saturated heterocycles. The van der Waals surface area contributed by atoms with E-state index in [1.54, 1.807) is 17.5 Å². The standard InChI is InChI=1S/C13H9N3S/c1-9-7-17-8-12(9)16-3-2-11-4-10(5-14)6-15-13(11)16/h2-4,6-8H,1H3. The summed E-state index contributed by atoms with van der Waals surface area (Å²) < 4.78 is 2.06. The smallest absolute Gasteiger partial charge is 0.144 e. The average Bonchev–Trinajstić information content (AvgIpc) is 2.94. The van der Waals surface area contributed by atoms with Crippen molar-refractivity contribution in [1.29, 1.82) is 5.26 Å². The highest BCUT2D eigenvalue weighted by molar-refractivity contribution is 7.08. The second-order valence-corrected chi connectivity index (χ2v) is 4.62. The molecule has 82 valence electrons. The normalized spacial score (nSPS) is 10.6. The van der Waals surface area contributed by atoms with Crippen molar-refractivity contribution in [2.24, 2.45) is 0 Å². The lowest BCUT2D eigenvalue weighted by Gasteiger charge is -2.03. The quantitative estimate of drug-likeness (QED) is 0.654. The molecule has 0 N–H and O–H groups in total. The van der Waals surface area contributed by atoms with Crippen LogP contribution in [0.1, 0.15) is 11.1 Å². The zero-order valence-electron chi connectivity index (χ0n) is 9.21. The van der Waals surface area contributed by atoms with Crippen molar-refractivity contribution in [3.8, 4) is 11.8 Å². The Labute approximate surface area is 103 Å². The molecule has 0 aliphatic carbocycles. The molecule has 0 saturated carbocycles. The zero-order valence-corrected chi connectivity index (χ0v) is 10.0. The summed E-state index contributed by atoms with van der Waals surface area (Å²) >= 11 is 1.68. The average molecular weight is 239 g/mol. The third-order valence-electron chi connectivity index (χ3n) is 2.74. The van der Waals surface area contributed by atoms with Crippen molar-refractivity contribution < 1.29 is 0 Å². The molecule has 3 heterocycles. The van der Waals surface area contributed by atoms with Gasteiger partial charge >= 0.3 is 0 Å². The summed E-state index contributed by atoms with van der Waals surface area (Å²) in [6.07, 6.45) is 3.61. The van der Waals surface area contributed by atoms with E-state index in [0.717, 1.165) is 16.7 Å². The number of pyridine rings is 1. The Morgan fingerprint density at radius 3 is 3.00 bits per heavy atom. The van der Waals surface area contributed by atoms with E-state index in [1.807, 2.05) is 18.3 Å². The molecule has 0 spiro atoms. The largest absolute Gasteiger partial charge is 0.300 e. The monoisotopic (exact) mass is 239 g/mol. The van der Waals surface area contributed by atoms with Crippen LogP contribution in [0.25, 0.3) is 16.7 Å². The molecule has 3 aromatic heterocycles. The number of hydrogen-bond donors (Lipinski definition) is 0. The number of rotatable bonds is 1. The first-order chi connectivity index (χ1) is 8.29. The number of aryl methyl sites for hydroxylation is 1. The third-order valence-corrected chi connectivity index (χ3v) is 3.59. The molecule has 0 amide bonds. The van der Waals surface area contributed by atoms with E-state index in [0.29, 0.717) is 5.56 Å². The molecule has 0 radical (unpaired) electrons. The van der Waals surface area contributed by atoms with Crippen molar-refractivity contribution in [1.82, 2.24) is 9.55 Å². The number of thiophene rings is 1. The Hall–Kier alpha value is -2.12. The van der Waals surface area contributed by atoms with E-state index in [-0.39, 0.29) is 0 Å².